The average molecular weight is 234 g/mol. The Morgan fingerprint density at radius 2 is 2.18 bits per heavy atom. The molecule has 94 valence electrons. The molecule has 0 bridgehead atoms. The summed E-state index contributed by atoms with van der Waals surface area (Å²) in [4.78, 5) is 4.66. The maximum Gasteiger partial charge on any atom is 0.109 e. The minimum absolute atomic E-state index is 0.649. The van der Waals surface area contributed by atoms with Crippen LogP contribution in [0, 0.1) is 5.92 Å². The number of hydrogen-bond acceptors (Lipinski definition) is 2. The number of fused-ring (bicyclic) bond motifs is 1. The summed E-state index contributed by atoms with van der Waals surface area (Å²) in [6.07, 6.45) is 9.50. The SMILES string of the molecule is CC1CCCc2cnc(CC3CCOCC3)n21. The van der Waals surface area contributed by atoms with E-state index >= 15 is 0 Å². The van der Waals surface area contributed by atoms with Gasteiger partial charge in [-0.15, -0.1) is 0 Å². The average Bonchev–Trinajstić information content (AvgIpc) is 2.75. The molecule has 0 aromatic carbocycles. The van der Waals surface area contributed by atoms with E-state index in [2.05, 4.69) is 22.7 Å². The number of hydrogen-bond donors (Lipinski definition) is 0. The van der Waals surface area contributed by atoms with Gasteiger partial charge in [0.05, 0.1) is 0 Å². The molecule has 1 aromatic rings. The van der Waals surface area contributed by atoms with Crippen LogP contribution in [0.1, 0.15) is 50.2 Å². The molecule has 0 radical (unpaired) electrons. The lowest BCUT2D eigenvalue weighted by Gasteiger charge is -2.26. The first-order valence-electron chi connectivity index (χ1n) is 6.97. The lowest BCUT2D eigenvalue weighted by atomic mass is 9.95. The maximum absolute atomic E-state index is 5.43. The van der Waals surface area contributed by atoms with Gasteiger partial charge in [-0.3, -0.25) is 0 Å². The molecule has 2 aliphatic rings. The van der Waals surface area contributed by atoms with Crippen LogP contribution in [0.5, 0.6) is 0 Å². The van der Waals surface area contributed by atoms with E-state index in [-0.39, 0.29) is 0 Å². The van der Waals surface area contributed by atoms with E-state index in [1.165, 1.54) is 43.6 Å². The number of aromatic nitrogens is 2. The highest BCUT2D eigenvalue weighted by Gasteiger charge is 2.22. The number of ether oxygens (including phenoxy) is 1. The number of imidazole rings is 1. The van der Waals surface area contributed by atoms with Crippen molar-refractivity contribution in [3.8, 4) is 0 Å². The fraction of sp³-hybridized carbons (Fsp3) is 0.786. The lowest BCUT2D eigenvalue weighted by molar-refractivity contribution is 0.0656. The van der Waals surface area contributed by atoms with Gasteiger partial charge in [0, 0.05) is 37.6 Å². The van der Waals surface area contributed by atoms with Crippen LogP contribution in [-0.4, -0.2) is 22.8 Å². The molecule has 3 heteroatoms. The van der Waals surface area contributed by atoms with Crippen LogP contribution < -0.4 is 0 Å². The lowest BCUT2D eigenvalue weighted by Crippen LogP contribution is -2.22. The number of rotatable bonds is 2. The van der Waals surface area contributed by atoms with Gasteiger partial charge < -0.3 is 9.30 Å². The third-order valence-corrected chi connectivity index (χ3v) is 4.26. The summed E-state index contributed by atoms with van der Waals surface area (Å²) in [5.74, 6) is 2.10. The van der Waals surface area contributed by atoms with Crippen molar-refractivity contribution in [1.29, 1.82) is 0 Å². The predicted octanol–water partition coefficient (Wildman–Crippen LogP) is 2.75. The zero-order chi connectivity index (χ0) is 11.7. The van der Waals surface area contributed by atoms with Crippen LogP contribution in [-0.2, 0) is 17.6 Å². The fourth-order valence-electron chi connectivity index (χ4n) is 3.23. The highest BCUT2D eigenvalue weighted by Crippen LogP contribution is 2.28. The van der Waals surface area contributed by atoms with Crippen LogP contribution in [0.3, 0.4) is 0 Å². The summed E-state index contributed by atoms with van der Waals surface area (Å²) in [6.45, 7) is 4.21. The zero-order valence-corrected chi connectivity index (χ0v) is 10.7. The molecule has 1 fully saturated rings. The molecule has 0 saturated carbocycles. The second-order valence-corrected chi connectivity index (χ2v) is 5.54. The minimum Gasteiger partial charge on any atom is -0.381 e. The molecule has 3 nitrogen and oxygen atoms in total. The molecular formula is C14H22N2O. The summed E-state index contributed by atoms with van der Waals surface area (Å²) in [5, 5.41) is 0. The molecule has 0 N–H and O–H groups in total. The van der Waals surface area contributed by atoms with Crippen LogP contribution in [0.25, 0.3) is 0 Å². The predicted molar refractivity (Wildman–Crippen MR) is 67.1 cm³/mol. The Kier molecular flexibility index (Phi) is 3.19. The first kappa shape index (κ1) is 11.3. The van der Waals surface area contributed by atoms with Gasteiger partial charge >= 0.3 is 0 Å². The molecule has 0 amide bonds. The van der Waals surface area contributed by atoms with Crippen LogP contribution in [0.15, 0.2) is 6.20 Å². The molecule has 1 unspecified atom stereocenters. The summed E-state index contributed by atoms with van der Waals surface area (Å²) in [6, 6.07) is 0.649. The minimum atomic E-state index is 0.649. The first-order valence-corrected chi connectivity index (χ1v) is 6.97. The second kappa shape index (κ2) is 4.81. The van der Waals surface area contributed by atoms with E-state index in [1.807, 2.05) is 0 Å². The van der Waals surface area contributed by atoms with Crippen molar-refractivity contribution in [2.75, 3.05) is 13.2 Å². The van der Waals surface area contributed by atoms with E-state index in [4.69, 9.17) is 4.74 Å². The van der Waals surface area contributed by atoms with Gasteiger partial charge in [-0.2, -0.15) is 0 Å². The summed E-state index contributed by atoms with van der Waals surface area (Å²) >= 11 is 0. The molecular weight excluding hydrogens is 212 g/mol. The van der Waals surface area contributed by atoms with Gasteiger partial charge in [0.15, 0.2) is 0 Å². The summed E-state index contributed by atoms with van der Waals surface area (Å²) in [7, 11) is 0. The van der Waals surface area contributed by atoms with Gasteiger partial charge in [0.1, 0.15) is 5.82 Å². The first-order chi connectivity index (χ1) is 8.34. The largest absolute Gasteiger partial charge is 0.381 e. The molecule has 3 rings (SSSR count). The van der Waals surface area contributed by atoms with Crippen molar-refractivity contribution in [3.05, 3.63) is 17.7 Å². The summed E-state index contributed by atoms with van der Waals surface area (Å²) in [5.41, 5.74) is 1.45. The van der Waals surface area contributed by atoms with Gasteiger partial charge in [-0.05, 0) is 44.9 Å². The van der Waals surface area contributed by atoms with E-state index in [9.17, 15) is 0 Å². The molecule has 3 heterocycles. The maximum atomic E-state index is 5.43. The molecule has 2 aliphatic heterocycles. The molecule has 0 aliphatic carbocycles. The van der Waals surface area contributed by atoms with Crippen LogP contribution in [0.2, 0.25) is 0 Å². The Morgan fingerprint density at radius 1 is 1.35 bits per heavy atom. The Labute approximate surface area is 103 Å². The Morgan fingerprint density at radius 3 is 3.00 bits per heavy atom. The Bertz CT molecular complexity index is 380. The Hall–Kier alpha value is -0.830. The highest BCUT2D eigenvalue weighted by molar-refractivity contribution is 5.10. The third kappa shape index (κ3) is 2.25. The highest BCUT2D eigenvalue weighted by atomic mass is 16.5. The zero-order valence-electron chi connectivity index (χ0n) is 10.7. The topological polar surface area (TPSA) is 27.1 Å². The van der Waals surface area contributed by atoms with E-state index in [0.29, 0.717) is 6.04 Å². The van der Waals surface area contributed by atoms with Crippen molar-refractivity contribution >= 4 is 0 Å². The molecule has 1 saturated heterocycles. The van der Waals surface area contributed by atoms with E-state index < -0.39 is 0 Å². The van der Waals surface area contributed by atoms with Crippen molar-refractivity contribution < 1.29 is 4.74 Å². The number of nitrogens with zero attached hydrogens (tertiary/aromatic N) is 2. The van der Waals surface area contributed by atoms with Gasteiger partial charge in [-0.25, -0.2) is 4.98 Å². The molecule has 1 atom stereocenters. The van der Waals surface area contributed by atoms with E-state index in [0.717, 1.165) is 25.6 Å². The second-order valence-electron chi connectivity index (χ2n) is 5.54. The van der Waals surface area contributed by atoms with Gasteiger partial charge in [0.25, 0.3) is 0 Å². The van der Waals surface area contributed by atoms with Crippen LogP contribution in [0.4, 0.5) is 0 Å². The fourth-order valence-corrected chi connectivity index (χ4v) is 3.23. The van der Waals surface area contributed by atoms with Crippen molar-refractivity contribution in [2.24, 2.45) is 5.92 Å². The van der Waals surface area contributed by atoms with Crippen molar-refractivity contribution in [3.63, 3.8) is 0 Å². The Balaban J connectivity index is 1.76. The van der Waals surface area contributed by atoms with Gasteiger partial charge in [-0.1, -0.05) is 0 Å². The van der Waals surface area contributed by atoms with Crippen molar-refractivity contribution in [1.82, 2.24) is 9.55 Å². The molecule has 1 aromatic heterocycles. The van der Waals surface area contributed by atoms with Crippen LogP contribution >= 0.6 is 0 Å². The summed E-state index contributed by atoms with van der Waals surface area (Å²) < 4.78 is 7.92. The third-order valence-electron chi connectivity index (χ3n) is 4.26. The quantitative estimate of drug-likeness (QED) is 0.786. The van der Waals surface area contributed by atoms with Crippen molar-refractivity contribution in [2.45, 2.75) is 51.5 Å². The van der Waals surface area contributed by atoms with Gasteiger partial charge in [0.2, 0.25) is 0 Å². The molecule has 0 spiro atoms. The standard InChI is InChI=1S/C14H22N2O/c1-11-3-2-4-13-10-15-14(16(11)13)9-12-5-7-17-8-6-12/h10-12H,2-9H2,1H3. The number of aryl methyl sites for hydroxylation is 1. The van der Waals surface area contributed by atoms with E-state index in [1.54, 1.807) is 0 Å². The normalized spacial score (nSPS) is 25.8. The molecule has 17 heavy (non-hydrogen) atoms. The smallest absolute Gasteiger partial charge is 0.109 e. The monoisotopic (exact) mass is 234 g/mol.